The van der Waals surface area contributed by atoms with Crippen molar-refractivity contribution < 1.29 is 18.0 Å². The molecule has 0 aromatic heterocycles. The molecule has 0 saturated carbocycles. The lowest BCUT2D eigenvalue weighted by molar-refractivity contribution is -0.140. The van der Waals surface area contributed by atoms with Crippen molar-refractivity contribution in [1.29, 1.82) is 0 Å². The van der Waals surface area contributed by atoms with Crippen molar-refractivity contribution in [1.82, 2.24) is 10.2 Å². The second-order valence-electron chi connectivity index (χ2n) is 10.7. The number of amides is 2. The molecular formula is C34H36ClN3O4S. The molecule has 7 nitrogen and oxygen atoms in total. The SMILES string of the molecule is Cc1ccc(S(=O)(=O)N(CC(=O)N(Cc2ccccc2)[C@H](Cc2ccccc2)C(=O)NC(C)C)c2cccc(Cl)c2)cc1. The van der Waals surface area contributed by atoms with E-state index in [9.17, 15) is 18.0 Å². The molecule has 1 N–H and O–H groups in total. The minimum absolute atomic E-state index is 0.0406. The van der Waals surface area contributed by atoms with Gasteiger partial charge < -0.3 is 10.2 Å². The Labute approximate surface area is 259 Å². The molecule has 0 fully saturated rings. The summed E-state index contributed by atoms with van der Waals surface area (Å²) in [7, 11) is -4.19. The zero-order valence-electron chi connectivity index (χ0n) is 24.5. The standard InChI is InChI=1S/C34H36ClN3O4S/c1-25(2)36-34(40)32(21-27-11-6-4-7-12-27)37(23-28-13-8-5-9-14-28)33(39)24-38(30-16-10-15-29(35)22-30)43(41,42)31-19-17-26(3)18-20-31/h4-20,22,25,32H,21,23-24H2,1-3H3,(H,36,40)/t32-/m1/s1. The van der Waals surface area contributed by atoms with Gasteiger partial charge in [0.15, 0.2) is 0 Å². The molecule has 4 aromatic carbocycles. The Bertz CT molecular complexity index is 1630. The van der Waals surface area contributed by atoms with E-state index in [1.165, 1.54) is 23.1 Å². The summed E-state index contributed by atoms with van der Waals surface area (Å²) in [4.78, 5) is 29.6. The number of benzene rings is 4. The van der Waals surface area contributed by atoms with Crippen molar-refractivity contribution in [2.75, 3.05) is 10.8 Å². The number of hydrogen-bond donors (Lipinski definition) is 1. The quantitative estimate of drug-likeness (QED) is 0.211. The molecule has 0 spiro atoms. The lowest BCUT2D eigenvalue weighted by Gasteiger charge is -2.34. The predicted octanol–water partition coefficient (Wildman–Crippen LogP) is 6.01. The number of hydrogen-bond acceptors (Lipinski definition) is 4. The molecule has 0 unspecified atom stereocenters. The smallest absolute Gasteiger partial charge is 0.264 e. The minimum atomic E-state index is -4.19. The molecule has 0 aliphatic rings. The van der Waals surface area contributed by atoms with Gasteiger partial charge in [-0.1, -0.05) is 96.0 Å². The van der Waals surface area contributed by atoms with Crippen LogP contribution in [0.15, 0.2) is 114 Å². The van der Waals surface area contributed by atoms with Crippen LogP contribution >= 0.6 is 11.6 Å². The first kappa shape index (κ1) is 31.8. The van der Waals surface area contributed by atoms with E-state index < -0.39 is 28.5 Å². The first-order valence-corrected chi connectivity index (χ1v) is 15.9. The van der Waals surface area contributed by atoms with Gasteiger partial charge in [-0.2, -0.15) is 0 Å². The number of carbonyl (C=O) groups excluding carboxylic acids is 2. The second-order valence-corrected chi connectivity index (χ2v) is 13.0. The van der Waals surface area contributed by atoms with Crippen molar-refractivity contribution in [3.05, 3.63) is 131 Å². The van der Waals surface area contributed by atoms with Crippen molar-refractivity contribution in [2.45, 2.75) is 50.7 Å². The Morgan fingerprint density at radius 3 is 2.00 bits per heavy atom. The number of aryl methyl sites for hydroxylation is 1. The number of carbonyl (C=O) groups is 2. The molecule has 224 valence electrons. The van der Waals surface area contributed by atoms with Gasteiger partial charge in [-0.3, -0.25) is 13.9 Å². The molecular weight excluding hydrogens is 582 g/mol. The summed E-state index contributed by atoms with van der Waals surface area (Å²) in [5, 5.41) is 3.28. The summed E-state index contributed by atoms with van der Waals surface area (Å²) < 4.78 is 29.1. The molecule has 0 aliphatic carbocycles. The van der Waals surface area contributed by atoms with Crippen LogP contribution in [0.5, 0.6) is 0 Å². The summed E-state index contributed by atoms with van der Waals surface area (Å²) in [5.41, 5.74) is 2.82. The minimum Gasteiger partial charge on any atom is -0.352 e. The highest BCUT2D eigenvalue weighted by Gasteiger charge is 2.34. The van der Waals surface area contributed by atoms with Crippen LogP contribution < -0.4 is 9.62 Å². The van der Waals surface area contributed by atoms with E-state index in [2.05, 4.69) is 5.32 Å². The van der Waals surface area contributed by atoms with Gasteiger partial charge in [-0.05, 0) is 62.2 Å². The number of rotatable bonds is 12. The number of halogens is 1. The maximum absolute atomic E-state index is 14.4. The fourth-order valence-corrected chi connectivity index (χ4v) is 6.30. The zero-order valence-corrected chi connectivity index (χ0v) is 26.1. The van der Waals surface area contributed by atoms with E-state index >= 15 is 0 Å². The Hall–Kier alpha value is -4.14. The summed E-state index contributed by atoms with van der Waals surface area (Å²) in [6.45, 7) is 5.15. The fourth-order valence-electron chi connectivity index (χ4n) is 4.71. The van der Waals surface area contributed by atoms with Crippen LogP contribution in [0.4, 0.5) is 5.69 Å². The van der Waals surface area contributed by atoms with Crippen LogP contribution in [0, 0.1) is 6.92 Å². The maximum Gasteiger partial charge on any atom is 0.264 e. The highest BCUT2D eigenvalue weighted by molar-refractivity contribution is 7.92. The zero-order chi connectivity index (χ0) is 31.0. The van der Waals surface area contributed by atoms with Gasteiger partial charge >= 0.3 is 0 Å². The molecule has 0 bridgehead atoms. The van der Waals surface area contributed by atoms with Gasteiger partial charge in [0.25, 0.3) is 10.0 Å². The average molecular weight is 618 g/mol. The third-order valence-electron chi connectivity index (χ3n) is 6.88. The third kappa shape index (κ3) is 8.46. The van der Waals surface area contributed by atoms with Crippen LogP contribution in [0.1, 0.15) is 30.5 Å². The van der Waals surface area contributed by atoms with Crippen LogP contribution in [-0.2, 0) is 32.6 Å². The van der Waals surface area contributed by atoms with E-state index in [1.807, 2.05) is 81.4 Å². The highest BCUT2D eigenvalue weighted by atomic mass is 35.5. The molecule has 9 heteroatoms. The summed E-state index contributed by atoms with van der Waals surface area (Å²) in [5.74, 6) is -0.849. The predicted molar refractivity (Wildman–Crippen MR) is 171 cm³/mol. The molecule has 4 aromatic rings. The van der Waals surface area contributed by atoms with E-state index in [-0.39, 0.29) is 35.5 Å². The molecule has 4 rings (SSSR count). The lowest BCUT2D eigenvalue weighted by Crippen LogP contribution is -2.54. The van der Waals surface area contributed by atoms with Crippen molar-refractivity contribution in [3.8, 4) is 0 Å². The Kier molecular flexibility index (Phi) is 10.6. The normalized spacial score (nSPS) is 12.0. The highest BCUT2D eigenvalue weighted by Crippen LogP contribution is 2.27. The maximum atomic E-state index is 14.4. The van der Waals surface area contributed by atoms with E-state index in [0.29, 0.717) is 5.02 Å². The van der Waals surface area contributed by atoms with Gasteiger partial charge in [-0.25, -0.2) is 8.42 Å². The number of nitrogens with one attached hydrogen (secondary N) is 1. The Morgan fingerprint density at radius 1 is 0.814 bits per heavy atom. The summed E-state index contributed by atoms with van der Waals surface area (Å²) in [6, 6.07) is 30.6. The Morgan fingerprint density at radius 2 is 1.42 bits per heavy atom. The van der Waals surface area contributed by atoms with Gasteiger partial charge in [-0.15, -0.1) is 0 Å². The molecule has 0 radical (unpaired) electrons. The number of nitrogens with zero attached hydrogens (tertiary/aromatic N) is 2. The largest absolute Gasteiger partial charge is 0.352 e. The third-order valence-corrected chi connectivity index (χ3v) is 8.90. The second kappa shape index (κ2) is 14.4. The van der Waals surface area contributed by atoms with Crippen molar-refractivity contribution in [2.24, 2.45) is 0 Å². The molecule has 0 saturated heterocycles. The first-order chi connectivity index (χ1) is 20.5. The molecule has 0 aliphatic heterocycles. The van der Waals surface area contributed by atoms with Gasteiger partial charge in [0.05, 0.1) is 10.6 Å². The van der Waals surface area contributed by atoms with Crippen LogP contribution in [-0.4, -0.2) is 43.8 Å². The number of sulfonamides is 1. The molecule has 43 heavy (non-hydrogen) atoms. The van der Waals surface area contributed by atoms with Gasteiger partial charge in [0.1, 0.15) is 12.6 Å². The van der Waals surface area contributed by atoms with Gasteiger partial charge in [0, 0.05) is 24.0 Å². The topological polar surface area (TPSA) is 86.8 Å². The van der Waals surface area contributed by atoms with Crippen molar-refractivity contribution in [3.63, 3.8) is 0 Å². The molecule has 2 amide bonds. The van der Waals surface area contributed by atoms with Crippen molar-refractivity contribution >= 4 is 39.1 Å². The Balaban J connectivity index is 1.79. The van der Waals surface area contributed by atoms with E-state index in [1.54, 1.807) is 30.3 Å². The van der Waals surface area contributed by atoms with E-state index in [4.69, 9.17) is 11.6 Å². The average Bonchev–Trinajstić information content (AvgIpc) is 2.98. The van der Waals surface area contributed by atoms with Crippen LogP contribution in [0.25, 0.3) is 0 Å². The first-order valence-electron chi connectivity index (χ1n) is 14.1. The number of anilines is 1. The summed E-state index contributed by atoms with van der Waals surface area (Å²) in [6.07, 6.45) is 0.250. The monoisotopic (exact) mass is 617 g/mol. The summed E-state index contributed by atoms with van der Waals surface area (Å²) >= 11 is 6.27. The molecule has 0 heterocycles. The fraction of sp³-hybridized carbons (Fsp3) is 0.235. The molecule has 1 atom stereocenters. The van der Waals surface area contributed by atoms with Crippen LogP contribution in [0.2, 0.25) is 5.02 Å². The lowest BCUT2D eigenvalue weighted by atomic mass is 10.0. The van der Waals surface area contributed by atoms with E-state index in [0.717, 1.165) is 21.0 Å². The van der Waals surface area contributed by atoms with Gasteiger partial charge in [0.2, 0.25) is 11.8 Å². The van der Waals surface area contributed by atoms with Crippen LogP contribution in [0.3, 0.4) is 0 Å².